The van der Waals surface area contributed by atoms with Crippen molar-refractivity contribution in [3.8, 4) is 0 Å². The SMILES string of the molecule is CCCCOCCCNC(=O)c1ccc(S(=O)(=O)N2CCOCC2)o1. The van der Waals surface area contributed by atoms with Crippen LogP contribution in [0.3, 0.4) is 0 Å². The minimum Gasteiger partial charge on any atom is -0.438 e. The Morgan fingerprint density at radius 3 is 2.68 bits per heavy atom. The maximum absolute atomic E-state index is 12.4. The van der Waals surface area contributed by atoms with Crippen molar-refractivity contribution in [1.29, 1.82) is 0 Å². The molecule has 1 fully saturated rings. The van der Waals surface area contributed by atoms with E-state index in [2.05, 4.69) is 12.2 Å². The molecule has 0 aliphatic carbocycles. The molecule has 9 heteroatoms. The van der Waals surface area contributed by atoms with Gasteiger partial charge in [0.05, 0.1) is 13.2 Å². The summed E-state index contributed by atoms with van der Waals surface area (Å²) in [7, 11) is -3.73. The fourth-order valence-corrected chi connectivity index (χ4v) is 3.63. The topological polar surface area (TPSA) is 98.1 Å². The van der Waals surface area contributed by atoms with E-state index in [4.69, 9.17) is 13.9 Å². The number of ether oxygens (including phenoxy) is 2. The van der Waals surface area contributed by atoms with Gasteiger partial charge in [0.15, 0.2) is 5.76 Å². The number of morpholine rings is 1. The van der Waals surface area contributed by atoms with E-state index in [9.17, 15) is 13.2 Å². The number of hydrogen-bond donors (Lipinski definition) is 1. The first-order valence-corrected chi connectivity index (χ1v) is 10.0. The van der Waals surface area contributed by atoms with Crippen molar-refractivity contribution in [2.24, 2.45) is 0 Å². The summed E-state index contributed by atoms with van der Waals surface area (Å²) >= 11 is 0. The molecule has 1 aromatic heterocycles. The molecule has 2 heterocycles. The van der Waals surface area contributed by atoms with Crippen LogP contribution in [0, 0.1) is 0 Å². The molecule has 0 unspecified atom stereocenters. The van der Waals surface area contributed by atoms with Gasteiger partial charge in [0.25, 0.3) is 15.9 Å². The van der Waals surface area contributed by atoms with Crippen molar-refractivity contribution >= 4 is 15.9 Å². The number of amides is 1. The van der Waals surface area contributed by atoms with Gasteiger partial charge in [0.1, 0.15) is 0 Å². The standard InChI is InChI=1S/C16H26N2O6S/c1-2-3-10-22-11-4-7-17-16(19)14-5-6-15(24-14)25(20,21)18-8-12-23-13-9-18/h5-6H,2-4,7-13H2,1H3,(H,17,19). The first-order chi connectivity index (χ1) is 12.1. The van der Waals surface area contributed by atoms with E-state index in [0.29, 0.717) is 32.8 Å². The normalized spacial score (nSPS) is 16.0. The minimum atomic E-state index is -3.73. The van der Waals surface area contributed by atoms with Crippen molar-refractivity contribution in [2.75, 3.05) is 46.1 Å². The van der Waals surface area contributed by atoms with Crippen LogP contribution in [0.25, 0.3) is 0 Å². The largest absolute Gasteiger partial charge is 0.438 e. The Labute approximate surface area is 148 Å². The molecular weight excluding hydrogens is 348 g/mol. The molecule has 0 saturated carbocycles. The molecule has 1 aliphatic heterocycles. The number of unbranched alkanes of at least 4 members (excludes halogenated alkanes) is 1. The molecule has 0 bridgehead atoms. The maximum atomic E-state index is 12.4. The van der Waals surface area contributed by atoms with Crippen molar-refractivity contribution in [3.63, 3.8) is 0 Å². The van der Waals surface area contributed by atoms with E-state index in [1.807, 2.05) is 0 Å². The fraction of sp³-hybridized carbons (Fsp3) is 0.688. The van der Waals surface area contributed by atoms with E-state index in [1.165, 1.54) is 16.4 Å². The first-order valence-electron chi connectivity index (χ1n) is 8.59. The molecule has 1 N–H and O–H groups in total. The Morgan fingerprint density at radius 2 is 1.96 bits per heavy atom. The molecule has 0 radical (unpaired) electrons. The Kier molecular flexibility index (Phi) is 7.89. The molecule has 0 spiro atoms. The molecule has 1 saturated heterocycles. The fourth-order valence-electron chi connectivity index (χ4n) is 2.31. The first kappa shape index (κ1) is 19.9. The molecule has 2 rings (SSSR count). The Bertz CT molecular complexity index is 637. The van der Waals surface area contributed by atoms with Gasteiger partial charge in [-0.25, -0.2) is 8.42 Å². The lowest BCUT2D eigenvalue weighted by Crippen LogP contribution is -2.40. The Morgan fingerprint density at radius 1 is 1.24 bits per heavy atom. The Hall–Kier alpha value is -1.42. The van der Waals surface area contributed by atoms with Crippen LogP contribution in [0.5, 0.6) is 0 Å². The van der Waals surface area contributed by atoms with Crippen molar-refractivity contribution in [3.05, 3.63) is 17.9 Å². The van der Waals surface area contributed by atoms with Gasteiger partial charge < -0.3 is 19.2 Å². The lowest BCUT2D eigenvalue weighted by Gasteiger charge is -2.24. The molecule has 0 aromatic carbocycles. The summed E-state index contributed by atoms with van der Waals surface area (Å²) in [5, 5.41) is 2.47. The number of nitrogens with zero attached hydrogens (tertiary/aromatic N) is 1. The summed E-state index contributed by atoms with van der Waals surface area (Å²) in [6.07, 6.45) is 2.80. The van der Waals surface area contributed by atoms with Gasteiger partial charge >= 0.3 is 0 Å². The molecule has 8 nitrogen and oxygen atoms in total. The summed E-state index contributed by atoms with van der Waals surface area (Å²) in [6.45, 7) is 5.12. The van der Waals surface area contributed by atoms with Crippen LogP contribution in [0.15, 0.2) is 21.6 Å². The van der Waals surface area contributed by atoms with E-state index in [0.717, 1.165) is 19.4 Å². The number of hydrogen-bond acceptors (Lipinski definition) is 6. The quantitative estimate of drug-likeness (QED) is 0.619. The number of carbonyl (C=O) groups is 1. The van der Waals surface area contributed by atoms with Crippen molar-refractivity contribution in [1.82, 2.24) is 9.62 Å². The number of rotatable bonds is 10. The highest BCUT2D eigenvalue weighted by Gasteiger charge is 2.29. The molecule has 142 valence electrons. The Balaban J connectivity index is 1.80. The zero-order valence-corrected chi connectivity index (χ0v) is 15.3. The third-order valence-corrected chi connectivity index (χ3v) is 5.54. The summed E-state index contributed by atoms with van der Waals surface area (Å²) in [4.78, 5) is 12.0. The zero-order valence-electron chi connectivity index (χ0n) is 14.5. The molecule has 1 amide bonds. The van der Waals surface area contributed by atoms with Crippen LogP contribution in [0.2, 0.25) is 0 Å². The smallest absolute Gasteiger partial charge is 0.287 e. The summed E-state index contributed by atoms with van der Waals surface area (Å²) in [5.74, 6) is -0.448. The zero-order chi connectivity index (χ0) is 18.1. The second kappa shape index (κ2) is 9.91. The molecule has 1 aliphatic rings. The lowest BCUT2D eigenvalue weighted by molar-refractivity contribution is 0.0722. The van der Waals surface area contributed by atoms with Gasteiger partial charge in [-0.15, -0.1) is 0 Å². The second-order valence-electron chi connectivity index (χ2n) is 5.71. The minimum absolute atomic E-state index is 0.0151. The average Bonchev–Trinajstić information content (AvgIpc) is 3.12. The van der Waals surface area contributed by atoms with E-state index in [-0.39, 0.29) is 23.9 Å². The maximum Gasteiger partial charge on any atom is 0.287 e. The molecule has 0 atom stereocenters. The van der Waals surface area contributed by atoms with Crippen LogP contribution in [0.1, 0.15) is 36.7 Å². The van der Waals surface area contributed by atoms with Gasteiger partial charge in [-0.3, -0.25) is 4.79 Å². The molecule has 25 heavy (non-hydrogen) atoms. The van der Waals surface area contributed by atoms with E-state index < -0.39 is 15.9 Å². The van der Waals surface area contributed by atoms with Crippen LogP contribution >= 0.6 is 0 Å². The average molecular weight is 374 g/mol. The van der Waals surface area contributed by atoms with Gasteiger partial charge in [-0.05, 0) is 25.0 Å². The van der Waals surface area contributed by atoms with Gasteiger partial charge in [-0.1, -0.05) is 13.3 Å². The highest BCUT2D eigenvalue weighted by Crippen LogP contribution is 2.19. The van der Waals surface area contributed by atoms with Crippen molar-refractivity contribution in [2.45, 2.75) is 31.3 Å². The number of sulfonamides is 1. The third-order valence-electron chi connectivity index (χ3n) is 3.76. The molecular formula is C16H26N2O6S. The number of carbonyl (C=O) groups excluding carboxylic acids is 1. The van der Waals surface area contributed by atoms with Crippen molar-refractivity contribution < 1.29 is 27.1 Å². The highest BCUT2D eigenvalue weighted by molar-refractivity contribution is 7.89. The van der Waals surface area contributed by atoms with E-state index in [1.54, 1.807) is 0 Å². The monoisotopic (exact) mass is 374 g/mol. The van der Waals surface area contributed by atoms with Crippen LogP contribution in [0.4, 0.5) is 0 Å². The summed E-state index contributed by atoms with van der Waals surface area (Å²) < 4.78 is 42.0. The van der Waals surface area contributed by atoms with Crippen LogP contribution in [-0.4, -0.2) is 64.7 Å². The summed E-state index contributed by atoms with van der Waals surface area (Å²) in [6, 6.07) is 2.69. The van der Waals surface area contributed by atoms with Gasteiger partial charge in [0, 0.05) is 32.8 Å². The van der Waals surface area contributed by atoms with Crippen LogP contribution < -0.4 is 5.32 Å². The second-order valence-corrected chi connectivity index (χ2v) is 7.58. The van der Waals surface area contributed by atoms with Crippen LogP contribution in [-0.2, 0) is 19.5 Å². The van der Waals surface area contributed by atoms with Gasteiger partial charge in [0.2, 0.25) is 5.09 Å². The predicted octanol–water partition coefficient (Wildman–Crippen LogP) is 1.24. The number of nitrogens with one attached hydrogen (secondary N) is 1. The highest BCUT2D eigenvalue weighted by atomic mass is 32.2. The predicted molar refractivity (Wildman–Crippen MR) is 91.0 cm³/mol. The molecule has 1 aromatic rings. The summed E-state index contributed by atoms with van der Waals surface area (Å²) in [5.41, 5.74) is 0. The van der Waals surface area contributed by atoms with E-state index >= 15 is 0 Å². The third kappa shape index (κ3) is 5.81. The lowest BCUT2D eigenvalue weighted by atomic mass is 10.3. The van der Waals surface area contributed by atoms with Gasteiger partial charge in [-0.2, -0.15) is 4.31 Å². The number of furan rings is 1.